The van der Waals surface area contributed by atoms with Crippen LogP contribution in [-0.2, 0) is 17.5 Å². The lowest BCUT2D eigenvalue weighted by Gasteiger charge is -2.10. The van der Waals surface area contributed by atoms with Crippen LogP contribution in [0.2, 0.25) is 0 Å². The highest BCUT2D eigenvalue weighted by molar-refractivity contribution is 6.07. The Morgan fingerprint density at radius 2 is 1.88 bits per heavy atom. The standard InChI is InChI=1S/C23H16F3N5O3/c1-33-20-10-16-15-7-2-3-8-18(15)34-19(16)11-17(20)27-21(32)12-31-29-22(28-30-31)13-5-4-6-14(9-13)23(24,25)26/h2-11H,12H2,1H3,(H,27,32). The van der Waals surface area contributed by atoms with Crippen molar-refractivity contribution in [3.63, 3.8) is 0 Å². The molecule has 0 saturated carbocycles. The summed E-state index contributed by atoms with van der Waals surface area (Å²) in [5.41, 5.74) is 0.975. The van der Waals surface area contributed by atoms with Gasteiger partial charge >= 0.3 is 6.18 Å². The number of alkyl halides is 3. The molecule has 3 aromatic carbocycles. The third kappa shape index (κ3) is 4.03. The van der Waals surface area contributed by atoms with Crippen LogP contribution in [0.25, 0.3) is 33.3 Å². The van der Waals surface area contributed by atoms with Crippen LogP contribution >= 0.6 is 0 Å². The second kappa shape index (κ2) is 8.18. The molecule has 0 aliphatic carbocycles. The number of fused-ring (bicyclic) bond motifs is 3. The number of hydrogen-bond acceptors (Lipinski definition) is 6. The van der Waals surface area contributed by atoms with Crippen LogP contribution < -0.4 is 10.1 Å². The zero-order valence-electron chi connectivity index (χ0n) is 17.6. The Labute approximate surface area is 189 Å². The molecule has 2 aromatic heterocycles. The summed E-state index contributed by atoms with van der Waals surface area (Å²) in [6, 6.07) is 15.5. The maximum atomic E-state index is 13.0. The number of nitrogens with one attached hydrogen (secondary N) is 1. The molecule has 8 nitrogen and oxygen atoms in total. The van der Waals surface area contributed by atoms with Gasteiger partial charge in [-0.15, -0.1) is 10.2 Å². The normalized spacial score (nSPS) is 11.8. The SMILES string of the molecule is COc1cc2c(cc1NC(=O)Cn1nnc(-c3cccc(C(F)(F)F)c3)n1)oc1ccccc12. The smallest absolute Gasteiger partial charge is 0.416 e. The fraction of sp³-hybridized carbons (Fsp3) is 0.130. The lowest BCUT2D eigenvalue weighted by atomic mass is 10.1. The quantitative estimate of drug-likeness (QED) is 0.395. The molecule has 2 heterocycles. The number of hydrogen-bond donors (Lipinski definition) is 1. The molecule has 1 amide bonds. The second-order valence-corrected chi connectivity index (χ2v) is 7.42. The lowest BCUT2D eigenvalue weighted by Crippen LogP contribution is -2.20. The molecule has 1 N–H and O–H groups in total. The third-order valence-corrected chi connectivity index (χ3v) is 5.16. The number of methoxy groups -OCH3 is 1. The number of amides is 1. The molecule has 0 unspecified atom stereocenters. The van der Waals surface area contributed by atoms with Gasteiger partial charge in [-0.3, -0.25) is 4.79 Å². The Kier molecular flexibility index (Phi) is 5.16. The molecular weight excluding hydrogens is 451 g/mol. The number of carbonyl (C=O) groups is 1. The lowest BCUT2D eigenvalue weighted by molar-refractivity contribution is -0.137. The van der Waals surface area contributed by atoms with Crippen molar-refractivity contribution in [1.82, 2.24) is 20.2 Å². The Balaban J connectivity index is 1.36. The van der Waals surface area contributed by atoms with E-state index in [9.17, 15) is 18.0 Å². The van der Waals surface area contributed by atoms with Crippen molar-refractivity contribution in [2.24, 2.45) is 0 Å². The summed E-state index contributed by atoms with van der Waals surface area (Å²) < 4.78 is 50.1. The van der Waals surface area contributed by atoms with Gasteiger partial charge in [-0.2, -0.15) is 18.0 Å². The zero-order valence-corrected chi connectivity index (χ0v) is 17.6. The van der Waals surface area contributed by atoms with Gasteiger partial charge in [0.2, 0.25) is 11.7 Å². The van der Waals surface area contributed by atoms with Crippen molar-refractivity contribution in [3.8, 4) is 17.1 Å². The molecular formula is C23H16F3N5O3. The van der Waals surface area contributed by atoms with Crippen molar-refractivity contribution in [2.45, 2.75) is 12.7 Å². The topological polar surface area (TPSA) is 95.1 Å². The van der Waals surface area contributed by atoms with Crippen molar-refractivity contribution in [1.29, 1.82) is 0 Å². The van der Waals surface area contributed by atoms with E-state index in [-0.39, 0.29) is 17.9 Å². The van der Waals surface area contributed by atoms with Crippen LogP contribution in [0.1, 0.15) is 5.56 Å². The summed E-state index contributed by atoms with van der Waals surface area (Å²) in [6.45, 7) is -0.312. The Morgan fingerprint density at radius 3 is 2.68 bits per heavy atom. The van der Waals surface area contributed by atoms with Gasteiger partial charge in [0.25, 0.3) is 0 Å². The van der Waals surface area contributed by atoms with Crippen LogP contribution in [0, 0.1) is 0 Å². The van der Waals surface area contributed by atoms with Gasteiger partial charge in [-0.1, -0.05) is 30.3 Å². The van der Waals surface area contributed by atoms with Crippen LogP contribution in [0.4, 0.5) is 18.9 Å². The summed E-state index contributed by atoms with van der Waals surface area (Å²) in [4.78, 5) is 13.6. The Morgan fingerprint density at radius 1 is 1.06 bits per heavy atom. The van der Waals surface area contributed by atoms with Gasteiger partial charge in [-0.05, 0) is 29.5 Å². The fourth-order valence-electron chi connectivity index (χ4n) is 3.60. The van der Waals surface area contributed by atoms with E-state index in [0.717, 1.165) is 27.7 Å². The summed E-state index contributed by atoms with van der Waals surface area (Å²) in [7, 11) is 1.49. The fourth-order valence-corrected chi connectivity index (χ4v) is 3.60. The number of ether oxygens (including phenoxy) is 1. The second-order valence-electron chi connectivity index (χ2n) is 7.42. The zero-order chi connectivity index (χ0) is 23.9. The molecule has 0 aliphatic rings. The van der Waals surface area contributed by atoms with Crippen LogP contribution in [0.5, 0.6) is 5.75 Å². The number of anilines is 1. The molecule has 0 bridgehead atoms. The average molecular weight is 467 g/mol. The van der Waals surface area contributed by atoms with Gasteiger partial charge < -0.3 is 14.5 Å². The molecule has 0 aliphatic heterocycles. The summed E-state index contributed by atoms with van der Waals surface area (Å²) in [5.74, 6) is -0.0782. The van der Waals surface area contributed by atoms with Gasteiger partial charge in [0.1, 0.15) is 23.5 Å². The van der Waals surface area contributed by atoms with Crippen LogP contribution in [0.3, 0.4) is 0 Å². The number of rotatable bonds is 5. The van der Waals surface area contributed by atoms with Crippen molar-refractivity contribution < 1.29 is 27.1 Å². The molecule has 0 atom stereocenters. The summed E-state index contributed by atoms with van der Waals surface area (Å²) in [5, 5.41) is 16.0. The minimum Gasteiger partial charge on any atom is -0.495 e. The van der Waals surface area contributed by atoms with Gasteiger partial charge in [0, 0.05) is 22.4 Å². The molecule has 5 aromatic rings. The number of aromatic nitrogens is 4. The summed E-state index contributed by atoms with van der Waals surface area (Å²) >= 11 is 0. The minimum atomic E-state index is -4.49. The minimum absolute atomic E-state index is 0.0276. The first-order valence-electron chi connectivity index (χ1n) is 10.1. The van der Waals surface area contributed by atoms with Crippen molar-refractivity contribution >= 4 is 33.5 Å². The average Bonchev–Trinajstić information content (AvgIpc) is 3.42. The molecule has 5 rings (SSSR count). The predicted octanol–water partition coefficient (Wildman–Crippen LogP) is 4.91. The summed E-state index contributed by atoms with van der Waals surface area (Å²) in [6.07, 6.45) is -4.49. The highest BCUT2D eigenvalue weighted by Crippen LogP contribution is 2.36. The monoisotopic (exact) mass is 467 g/mol. The number of carbonyl (C=O) groups excluding carboxylic acids is 1. The number of benzene rings is 3. The first kappa shape index (κ1) is 21.4. The Bertz CT molecular complexity index is 1520. The molecule has 0 fully saturated rings. The molecule has 0 radical (unpaired) electrons. The highest BCUT2D eigenvalue weighted by atomic mass is 19.4. The highest BCUT2D eigenvalue weighted by Gasteiger charge is 2.30. The number of furan rings is 1. The number of para-hydroxylation sites is 1. The van der Waals surface area contributed by atoms with E-state index < -0.39 is 17.6 Å². The van der Waals surface area contributed by atoms with E-state index in [4.69, 9.17) is 9.15 Å². The maximum Gasteiger partial charge on any atom is 0.416 e. The van der Waals surface area contributed by atoms with Gasteiger partial charge in [0.05, 0.1) is 18.4 Å². The van der Waals surface area contributed by atoms with E-state index in [1.807, 2.05) is 24.3 Å². The van der Waals surface area contributed by atoms with E-state index in [0.29, 0.717) is 22.6 Å². The van der Waals surface area contributed by atoms with E-state index in [1.54, 1.807) is 12.1 Å². The van der Waals surface area contributed by atoms with Crippen molar-refractivity contribution in [3.05, 3.63) is 66.2 Å². The molecule has 0 saturated heterocycles. The Hall–Kier alpha value is -4.41. The molecule has 0 spiro atoms. The van der Waals surface area contributed by atoms with E-state index >= 15 is 0 Å². The first-order valence-corrected chi connectivity index (χ1v) is 10.1. The molecule has 34 heavy (non-hydrogen) atoms. The third-order valence-electron chi connectivity index (χ3n) is 5.16. The predicted molar refractivity (Wildman–Crippen MR) is 117 cm³/mol. The van der Waals surface area contributed by atoms with Gasteiger partial charge in [-0.25, -0.2) is 0 Å². The number of nitrogens with zero attached hydrogens (tertiary/aromatic N) is 4. The van der Waals surface area contributed by atoms with Crippen LogP contribution in [0.15, 0.2) is 65.1 Å². The molecule has 172 valence electrons. The van der Waals surface area contributed by atoms with E-state index in [1.165, 1.54) is 19.2 Å². The van der Waals surface area contributed by atoms with Crippen molar-refractivity contribution in [2.75, 3.05) is 12.4 Å². The van der Waals surface area contributed by atoms with Crippen LogP contribution in [-0.4, -0.2) is 33.2 Å². The van der Waals surface area contributed by atoms with Gasteiger partial charge in [0.15, 0.2) is 0 Å². The first-order chi connectivity index (χ1) is 16.3. The number of halogens is 3. The number of tetrazole rings is 1. The molecule has 11 heteroatoms. The van der Waals surface area contributed by atoms with E-state index in [2.05, 4.69) is 20.7 Å². The largest absolute Gasteiger partial charge is 0.495 e. The maximum absolute atomic E-state index is 13.0.